The van der Waals surface area contributed by atoms with E-state index >= 15 is 0 Å². The van der Waals surface area contributed by atoms with E-state index in [1.54, 1.807) is 12.1 Å². The predicted molar refractivity (Wildman–Crippen MR) is 92.6 cm³/mol. The summed E-state index contributed by atoms with van der Waals surface area (Å²) in [5, 5.41) is 18.9. The third-order valence-electron chi connectivity index (χ3n) is 3.18. The molecule has 0 radical (unpaired) electrons. The SMILES string of the molecule is CN(C[C@@H](CNC(=O)c1ccc(Cl)s1)CC(=N)C(=O)O)S(C)(=O)=O. The number of aliphatic carboxylic acids is 1. The minimum Gasteiger partial charge on any atom is -0.477 e. The van der Waals surface area contributed by atoms with Gasteiger partial charge >= 0.3 is 5.97 Å². The summed E-state index contributed by atoms with van der Waals surface area (Å²) in [5.41, 5.74) is -0.546. The van der Waals surface area contributed by atoms with E-state index in [-0.39, 0.29) is 25.4 Å². The van der Waals surface area contributed by atoms with Crippen LogP contribution in [0.2, 0.25) is 4.34 Å². The van der Waals surface area contributed by atoms with Gasteiger partial charge in [-0.1, -0.05) is 11.6 Å². The molecule has 8 nitrogen and oxygen atoms in total. The number of thiophene rings is 1. The summed E-state index contributed by atoms with van der Waals surface area (Å²) in [6, 6.07) is 3.13. The Kier molecular flexibility index (Phi) is 7.33. The number of halogens is 1. The Balaban J connectivity index is 2.75. The van der Waals surface area contributed by atoms with Crippen LogP contribution in [-0.4, -0.2) is 61.8 Å². The molecule has 0 bridgehead atoms. The van der Waals surface area contributed by atoms with Crippen molar-refractivity contribution in [3.63, 3.8) is 0 Å². The molecule has 0 aliphatic heterocycles. The van der Waals surface area contributed by atoms with Crippen LogP contribution in [0.1, 0.15) is 16.1 Å². The number of hydrogen-bond donors (Lipinski definition) is 3. The van der Waals surface area contributed by atoms with Gasteiger partial charge in [-0.25, -0.2) is 17.5 Å². The zero-order valence-electron chi connectivity index (χ0n) is 13.1. The Labute approximate surface area is 149 Å². The largest absolute Gasteiger partial charge is 0.477 e. The van der Waals surface area contributed by atoms with Crippen LogP contribution in [0.5, 0.6) is 0 Å². The lowest BCUT2D eigenvalue weighted by Crippen LogP contribution is -2.38. The highest BCUT2D eigenvalue weighted by molar-refractivity contribution is 7.88. The van der Waals surface area contributed by atoms with Crippen LogP contribution in [0, 0.1) is 11.3 Å². The quantitative estimate of drug-likeness (QED) is 0.540. The summed E-state index contributed by atoms with van der Waals surface area (Å²) < 4.78 is 24.5. The first kappa shape index (κ1) is 20.6. The van der Waals surface area contributed by atoms with Crippen molar-refractivity contribution in [2.24, 2.45) is 5.92 Å². The summed E-state index contributed by atoms with van der Waals surface area (Å²) >= 11 is 6.86. The third-order valence-corrected chi connectivity index (χ3v) is 5.69. The van der Waals surface area contributed by atoms with Crippen molar-refractivity contribution in [1.82, 2.24) is 9.62 Å². The van der Waals surface area contributed by atoms with Gasteiger partial charge in [-0.2, -0.15) is 0 Å². The number of carboxylic acid groups (broad SMARTS) is 1. The first-order chi connectivity index (χ1) is 11.0. The molecule has 0 aromatic carbocycles. The Morgan fingerprint density at radius 1 is 1.46 bits per heavy atom. The number of carbonyl (C=O) groups is 2. The van der Waals surface area contributed by atoms with Gasteiger partial charge in [0, 0.05) is 26.6 Å². The maximum atomic E-state index is 12.0. The smallest absolute Gasteiger partial charge is 0.349 e. The zero-order chi connectivity index (χ0) is 18.5. The standard InChI is InChI=1S/C13H18ClN3O5S2/c1-17(24(2,21)22)7-8(5-9(15)13(19)20)6-16-12(18)10-3-4-11(14)23-10/h3-4,8,15H,5-7H2,1-2H3,(H,16,18)(H,19,20)/t8-/m1/s1. The molecule has 1 rings (SSSR count). The van der Waals surface area contributed by atoms with E-state index < -0.39 is 27.6 Å². The van der Waals surface area contributed by atoms with E-state index in [4.69, 9.17) is 22.1 Å². The lowest BCUT2D eigenvalue weighted by molar-refractivity contribution is -0.129. The highest BCUT2D eigenvalue weighted by Crippen LogP contribution is 2.21. The fraction of sp³-hybridized carbons (Fsp3) is 0.462. The van der Waals surface area contributed by atoms with Crippen LogP contribution in [-0.2, 0) is 14.8 Å². The fourth-order valence-electron chi connectivity index (χ4n) is 1.84. The van der Waals surface area contributed by atoms with Crippen LogP contribution in [0.4, 0.5) is 0 Å². The topological polar surface area (TPSA) is 128 Å². The second-order valence-corrected chi connectivity index (χ2v) is 9.02. The van der Waals surface area contributed by atoms with Crippen LogP contribution in [0.15, 0.2) is 12.1 Å². The van der Waals surface area contributed by atoms with Gasteiger partial charge in [0.15, 0.2) is 0 Å². The molecule has 1 atom stereocenters. The highest BCUT2D eigenvalue weighted by atomic mass is 35.5. The maximum absolute atomic E-state index is 12.0. The second-order valence-electron chi connectivity index (χ2n) is 5.21. The molecule has 1 amide bonds. The monoisotopic (exact) mass is 395 g/mol. The van der Waals surface area contributed by atoms with Crippen molar-refractivity contribution < 1.29 is 23.1 Å². The first-order valence-corrected chi connectivity index (χ1v) is 9.80. The van der Waals surface area contributed by atoms with Gasteiger partial charge in [-0.15, -0.1) is 11.3 Å². The molecular formula is C13H18ClN3O5S2. The highest BCUT2D eigenvalue weighted by Gasteiger charge is 2.22. The van der Waals surface area contributed by atoms with Crippen LogP contribution < -0.4 is 5.32 Å². The number of carbonyl (C=O) groups excluding carboxylic acids is 1. The van der Waals surface area contributed by atoms with Crippen molar-refractivity contribution in [1.29, 1.82) is 5.41 Å². The number of hydrogen-bond acceptors (Lipinski definition) is 6. The van der Waals surface area contributed by atoms with Gasteiger partial charge < -0.3 is 10.4 Å². The minimum absolute atomic E-state index is 0.0139. The van der Waals surface area contributed by atoms with Crippen molar-refractivity contribution in [3.8, 4) is 0 Å². The molecule has 0 unspecified atom stereocenters. The van der Waals surface area contributed by atoms with Gasteiger partial charge in [0.1, 0.15) is 5.71 Å². The van der Waals surface area contributed by atoms with Gasteiger partial charge in [0.2, 0.25) is 10.0 Å². The molecule has 0 aliphatic rings. The van der Waals surface area contributed by atoms with Crippen molar-refractivity contribution >= 4 is 50.5 Å². The maximum Gasteiger partial charge on any atom is 0.349 e. The number of carboxylic acids is 1. The normalized spacial score (nSPS) is 12.8. The van der Waals surface area contributed by atoms with Gasteiger partial charge in [0.05, 0.1) is 15.5 Å². The molecule has 0 spiro atoms. The predicted octanol–water partition coefficient (Wildman–Crippen LogP) is 1.13. The number of rotatable bonds is 9. The molecule has 24 heavy (non-hydrogen) atoms. The Hall–Kier alpha value is -1.49. The number of amides is 1. The van der Waals surface area contributed by atoms with E-state index in [2.05, 4.69) is 5.32 Å². The third kappa shape index (κ3) is 6.56. The molecule has 0 aliphatic carbocycles. The Bertz CT molecular complexity index is 732. The van der Waals surface area contributed by atoms with E-state index in [1.165, 1.54) is 7.05 Å². The Morgan fingerprint density at radius 2 is 2.08 bits per heavy atom. The molecule has 1 heterocycles. The number of nitrogens with zero attached hydrogens (tertiary/aromatic N) is 1. The molecule has 1 aromatic rings. The van der Waals surface area contributed by atoms with E-state index in [0.29, 0.717) is 9.21 Å². The van der Waals surface area contributed by atoms with Crippen LogP contribution in [0.25, 0.3) is 0 Å². The molecular weight excluding hydrogens is 378 g/mol. The van der Waals surface area contributed by atoms with E-state index in [1.807, 2.05) is 0 Å². The molecule has 0 fully saturated rings. The van der Waals surface area contributed by atoms with E-state index in [9.17, 15) is 18.0 Å². The average Bonchev–Trinajstić information content (AvgIpc) is 2.89. The molecule has 11 heteroatoms. The first-order valence-electron chi connectivity index (χ1n) is 6.76. The number of sulfonamides is 1. The lowest BCUT2D eigenvalue weighted by atomic mass is 10.0. The average molecular weight is 396 g/mol. The number of nitrogens with one attached hydrogen (secondary N) is 2. The van der Waals surface area contributed by atoms with Gasteiger partial charge in [-0.3, -0.25) is 10.2 Å². The van der Waals surface area contributed by atoms with Crippen molar-refractivity contribution in [2.45, 2.75) is 6.42 Å². The van der Waals surface area contributed by atoms with Crippen molar-refractivity contribution in [3.05, 3.63) is 21.3 Å². The summed E-state index contributed by atoms with van der Waals surface area (Å²) in [4.78, 5) is 23.2. The Morgan fingerprint density at radius 3 is 2.54 bits per heavy atom. The summed E-state index contributed by atoms with van der Waals surface area (Å²) in [7, 11) is -2.10. The minimum atomic E-state index is -3.45. The molecule has 0 saturated heterocycles. The molecule has 134 valence electrons. The fourth-order valence-corrected chi connectivity index (χ4v) is 3.28. The van der Waals surface area contributed by atoms with Gasteiger partial charge in [-0.05, 0) is 18.1 Å². The summed E-state index contributed by atoms with van der Waals surface area (Å²) in [6.07, 6.45) is 0.861. The lowest BCUT2D eigenvalue weighted by Gasteiger charge is -2.22. The van der Waals surface area contributed by atoms with E-state index in [0.717, 1.165) is 21.9 Å². The second kappa shape index (κ2) is 8.56. The molecule has 0 saturated carbocycles. The van der Waals surface area contributed by atoms with Crippen LogP contribution in [0.3, 0.4) is 0 Å². The molecule has 1 aromatic heterocycles. The van der Waals surface area contributed by atoms with Gasteiger partial charge in [0.25, 0.3) is 5.91 Å². The zero-order valence-corrected chi connectivity index (χ0v) is 15.5. The van der Waals surface area contributed by atoms with Crippen molar-refractivity contribution in [2.75, 3.05) is 26.4 Å². The summed E-state index contributed by atoms with van der Waals surface area (Å²) in [6.45, 7) is 0.0177. The summed E-state index contributed by atoms with van der Waals surface area (Å²) in [5.74, 6) is -2.31. The van der Waals surface area contributed by atoms with Crippen LogP contribution >= 0.6 is 22.9 Å². The molecule has 3 N–H and O–H groups in total.